The highest BCUT2D eigenvalue weighted by atomic mass is 19.1. The summed E-state index contributed by atoms with van der Waals surface area (Å²) in [6.45, 7) is 0.182. The molecule has 4 aliphatic rings. The Hall–Kier alpha value is -3.68. The van der Waals surface area contributed by atoms with Crippen molar-refractivity contribution in [1.29, 1.82) is 0 Å². The van der Waals surface area contributed by atoms with E-state index in [1.54, 1.807) is 17.0 Å². The van der Waals surface area contributed by atoms with Gasteiger partial charge in [-0.2, -0.15) is 0 Å². The van der Waals surface area contributed by atoms with Crippen LogP contribution in [0.15, 0.2) is 53.5 Å². The molecule has 3 aromatic rings. The van der Waals surface area contributed by atoms with Crippen molar-refractivity contribution < 1.29 is 18.7 Å². The molecule has 1 aliphatic heterocycles. The van der Waals surface area contributed by atoms with E-state index in [9.17, 15) is 14.7 Å². The molecule has 0 unspecified atom stereocenters. The maximum atomic E-state index is 15.0. The summed E-state index contributed by atoms with van der Waals surface area (Å²) in [4.78, 5) is 27.4. The quantitative estimate of drug-likeness (QED) is 0.637. The number of aromatic nitrogens is 1. The Morgan fingerprint density at radius 1 is 0.912 bits per heavy atom. The zero-order valence-corrected chi connectivity index (χ0v) is 18.2. The number of rotatable bonds is 2. The van der Waals surface area contributed by atoms with E-state index >= 15 is 8.78 Å². The maximum Gasteiger partial charge on any atom is 0.278 e. The largest absolute Gasteiger partial charge is 0.502 e. The summed E-state index contributed by atoms with van der Waals surface area (Å²) in [7, 11) is 0. The molecule has 7 rings (SSSR count). The van der Waals surface area contributed by atoms with E-state index in [-0.39, 0.29) is 36.0 Å². The lowest BCUT2D eigenvalue weighted by molar-refractivity contribution is 0.0630. The molecule has 0 saturated heterocycles. The van der Waals surface area contributed by atoms with Gasteiger partial charge in [-0.3, -0.25) is 19.3 Å². The van der Waals surface area contributed by atoms with Crippen LogP contribution in [0, 0.1) is 17.6 Å². The predicted octanol–water partition coefficient (Wildman–Crippen LogP) is 3.02. The fraction of sp³-hybridized carbons (Fsp3) is 0.308. The van der Waals surface area contributed by atoms with Gasteiger partial charge in [-0.05, 0) is 60.1 Å². The second-order valence-corrected chi connectivity index (χ2v) is 9.67. The number of amides is 1. The van der Waals surface area contributed by atoms with Crippen molar-refractivity contribution >= 4 is 5.91 Å². The summed E-state index contributed by atoms with van der Waals surface area (Å²) >= 11 is 0. The lowest BCUT2D eigenvalue weighted by atomic mass is 9.81. The Balaban J connectivity index is 1.57. The average Bonchev–Trinajstić information content (AvgIpc) is 3.53. The maximum absolute atomic E-state index is 15.0. The summed E-state index contributed by atoms with van der Waals surface area (Å²) in [6, 6.07) is 11.2. The monoisotopic (exact) mass is 461 g/mol. The van der Waals surface area contributed by atoms with Gasteiger partial charge in [0.1, 0.15) is 23.8 Å². The number of fused-ring (bicyclic) bond motifs is 6. The topological polar surface area (TPSA) is 65.8 Å². The third kappa shape index (κ3) is 2.28. The summed E-state index contributed by atoms with van der Waals surface area (Å²) in [6.07, 6.45) is 4.01. The Kier molecular flexibility index (Phi) is 3.76. The fourth-order valence-corrected chi connectivity index (χ4v) is 6.46. The Morgan fingerprint density at radius 2 is 1.53 bits per heavy atom. The molecule has 2 aromatic carbocycles. The number of halogens is 2. The molecule has 1 fully saturated rings. The highest BCUT2D eigenvalue weighted by molar-refractivity contribution is 5.96. The molecular formula is C26H21F2N3O3. The van der Waals surface area contributed by atoms with Crippen LogP contribution in [-0.2, 0) is 18.4 Å². The molecule has 1 aromatic heterocycles. The van der Waals surface area contributed by atoms with Gasteiger partial charge in [-0.25, -0.2) is 8.78 Å². The summed E-state index contributed by atoms with van der Waals surface area (Å²) in [5.41, 5.74) is 0.940. The molecule has 172 valence electrons. The van der Waals surface area contributed by atoms with Crippen molar-refractivity contribution in [1.82, 2.24) is 9.58 Å². The molecule has 1 amide bonds. The first-order valence-electron chi connectivity index (χ1n) is 11.5. The molecule has 8 heteroatoms. The molecule has 2 heterocycles. The highest BCUT2D eigenvalue weighted by Crippen LogP contribution is 2.57. The predicted molar refractivity (Wildman–Crippen MR) is 119 cm³/mol. The molecule has 3 aliphatic carbocycles. The van der Waals surface area contributed by atoms with Crippen molar-refractivity contribution in [3.63, 3.8) is 0 Å². The van der Waals surface area contributed by atoms with Crippen molar-refractivity contribution in [3.05, 3.63) is 98.5 Å². The number of nitrogens with zero attached hydrogens (tertiary/aromatic N) is 3. The molecule has 0 spiro atoms. The van der Waals surface area contributed by atoms with E-state index < -0.39 is 22.6 Å². The van der Waals surface area contributed by atoms with Crippen LogP contribution in [0.2, 0.25) is 0 Å². The van der Waals surface area contributed by atoms with E-state index in [0.29, 0.717) is 24.0 Å². The van der Waals surface area contributed by atoms with E-state index in [1.807, 2.05) is 17.1 Å². The molecule has 0 bridgehead atoms. The van der Waals surface area contributed by atoms with Crippen molar-refractivity contribution in [2.75, 3.05) is 11.7 Å². The molecular weight excluding hydrogens is 440 g/mol. The number of carbonyl (C=O) groups is 1. The molecule has 1 saturated carbocycles. The second-order valence-electron chi connectivity index (χ2n) is 9.67. The van der Waals surface area contributed by atoms with Crippen LogP contribution in [0.4, 0.5) is 8.78 Å². The summed E-state index contributed by atoms with van der Waals surface area (Å²) < 4.78 is 31.6. The summed E-state index contributed by atoms with van der Waals surface area (Å²) in [5, 5.41) is 12.6. The number of carbonyl (C=O) groups excluding carboxylic acids is 1. The lowest BCUT2D eigenvalue weighted by Gasteiger charge is -2.50. The first-order chi connectivity index (χ1) is 16.4. The SMILES string of the molecule is O=C1c2c(O)c(=O)ccn2N(C23c4cccc(F)c4CC2Cc2c(F)cccc23)CN1C1CC1. The zero-order chi connectivity index (χ0) is 23.4. The van der Waals surface area contributed by atoms with E-state index in [2.05, 4.69) is 0 Å². The number of hydrogen-bond acceptors (Lipinski definition) is 4. The van der Waals surface area contributed by atoms with Gasteiger partial charge in [0.2, 0.25) is 5.43 Å². The molecule has 0 radical (unpaired) electrons. The highest BCUT2D eigenvalue weighted by Gasteiger charge is 2.60. The summed E-state index contributed by atoms with van der Waals surface area (Å²) in [5.74, 6) is -1.81. The van der Waals surface area contributed by atoms with E-state index in [4.69, 9.17) is 0 Å². The molecule has 34 heavy (non-hydrogen) atoms. The van der Waals surface area contributed by atoms with Crippen molar-refractivity contribution in [3.8, 4) is 5.75 Å². The zero-order valence-electron chi connectivity index (χ0n) is 18.2. The molecule has 6 nitrogen and oxygen atoms in total. The van der Waals surface area contributed by atoms with Crippen LogP contribution >= 0.6 is 0 Å². The van der Waals surface area contributed by atoms with Crippen LogP contribution < -0.4 is 10.4 Å². The van der Waals surface area contributed by atoms with Crippen molar-refractivity contribution in [2.45, 2.75) is 37.3 Å². The Morgan fingerprint density at radius 3 is 2.12 bits per heavy atom. The minimum absolute atomic E-state index is 0.00933. The number of hydrogen-bond donors (Lipinski definition) is 1. The Labute approximate surface area is 193 Å². The van der Waals surface area contributed by atoms with Crippen molar-refractivity contribution in [2.24, 2.45) is 5.92 Å². The van der Waals surface area contributed by atoms with Gasteiger partial charge in [0.15, 0.2) is 11.4 Å². The lowest BCUT2D eigenvalue weighted by Crippen LogP contribution is -2.63. The number of pyridine rings is 1. The van der Waals surface area contributed by atoms with Gasteiger partial charge in [0.25, 0.3) is 5.91 Å². The van der Waals surface area contributed by atoms with Crippen LogP contribution in [0.1, 0.15) is 45.6 Å². The van der Waals surface area contributed by atoms with E-state index in [0.717, 1.165) is 24.0 Å². The minimum Gasteiger partial charge on any atom is -0.502 e. The fourth-order valence-electron chi connectivity index (χ4n) is 6.46. The molecule has 1 N–H and O–H groups in total. The van der Waals surface area contributed by atoms with Gasteiger partial charge < -0.3 is 10.0 Å². The number of benzene rings is 2. The van der Waals surface area contributed by atoms with Gasteiger partial charge in [0.05, 0.1) is 0 Å². The van der Waals surface area contributed by atoms with Crippen LogP contribution in [-0.4, -0.2) is 33.3 Å². The molecule has 0 atom stereocenters. The smallest absolute Gasteiger partial charge is 0.278 e. The first kappa shape index (κ1) is 19.8. The van der Waals surface area contributed by atoms with E-state index in [1.165, 1.54) is 29.1 Å². The third-order valence-electron chi connectivity index (χ3n) is 8.01. The second kappa shape index (κ2) is 6.46. The average molecular weight is 461 g/mol. The van der Waals surface area contributed by atoms with Crippen LogP contribution in [0.3, 0.4) is 0 Å². The van der Waals surface area contributed by atoms with Gasteiger partial charge in [-0.1, -0.05) is 24.3 Å². The van der Waals surface area contributed by atoms with Crippen LogP contribution in [0.25, 0.3) is 0 Å². The van der Waals surface area contributed by atoms with Gasteiger partial charge in [0, 0.05) is 24.2 Å². The minimum atomic E-state index is -0.959. The third-order valence-corrected chi connectivity index (χ3v) is 8.01. The van der Waals surface area contributed by atoms with Gasteiger partial charge in [-0.15, -0.1) is 0 Å². The van der Waals surface area contributed by atoms with Gasteiger partial charge >= 0.3 is 0 Å². The Bertz CT molecular complexity index is 1410. The standard InChI is InChI=1S/C26H21F2N3O3/c27-20-5-1-3-18-16(20)11-14-12-17-19(4-2-6-21(17)28)26(14,18)31-13-29(15-7-8-15)25(34)23-24(33)22(32)9-10-30(23)31/h1-6,9-10,14-15,33H,7-8,11-13H2. The number of aromatic hydroxyl groups is 1. The first-order valence-corrected chi connectivity index (χ1v) is 11.5. The van der Waals surface area contributed by atoms with Crippen LogP contribution in [0.5, 0.6) is 5.75 Å². The normalized spacial score (nSPS) is 24.6.